The molecule has 1 unspecified atom stereocenters. The van der Waals surface area contributed by atoms with Gasteiger partial charge in [-0.25, -0.2) is 0 Å². The zero-order chi connectivity index (χ0) is 12.6. The molecule has 2 rings (SSSR count). The molecule has 1 atom stereocenters. The quantitative estimate of drug-likeness (QED) is 0.905. The van der Waals surface area contributed by atoms with Crippen LogP contribution in [0.3, 0.4) is 0 Å². The van der Waals surface area contributed by atoms with Crippen LogP contribution in [0.2, 0.25) is 0 Å². The number of hydrogen-bond acceptors (Lipinski definition) is 3. The Morgan fingerprint density at radius 3 is 2.59 bits per heavy atom. The van der Waals surface area contributed by atoms with E-state index in [-0.39, 0.29) is 6.04 Å². The summed E-state index contributed by atoms with van der Waals surface area (Å²) in [4.78, 5) is 0. The molecule has 0 saturated carbocycles. The van der Waals surface area contributed by atoms with E-state index in [0.29, 0.717) is 16.1 Å². The molecule has 2 aromatic rings. The molecule has 0 aliphatic rings. The predicted octanol–water partition coefficient (Wildman–Crippen LogP) is 3.66. The first kappa shape index (κ1) is 12.9. The van der Waals surface area contributed by atoms with Crippen molar-refractivity contribution in [2.75, 3.05) is 0 Å². The first-order valence-corrected chi connectivity index (χ1v) is 6.75. The van der Waals surface area contributed by atoms with Crippen molar-refractivity contribution in [2.45, 2.75) is 26.0 Å². The molecule has 2 heterocycles. The van der Waals surface area contributed by atoms with Crippen molar-refractivity contribution < 1.29 is 9.52 Å². The van der Waals surface area contributed by atoms with E-state index in [0.717, 1.165) is 4.47 Å². The Morgan fingerprint density at radius 2 is 2.06 bits per heavy atom. The van der Waals surface area contributed by atoms with Gasteiger partial charge >= 0.3 is 0 Å². The van der Waals surface area contributed by atoms with Crippen LogP contribution in [-0.4, -0.2) is 14.9 Å². The molecule has 17 heavy (non-hydrogen) atoms. The molecule has 92 valence electrons. The summed E-state index contributed by atoms with van der Waals surface area (Å²) < 4.78 is 8.50. The monoisotopic (exact) mass is 362 g/mol. The zero-order valence-electron chi connectivity index (χ0n) is 9.39. The van der Waals surface area contributed by atoms with Crippen molar-refractivity contribution in [3.05, 3.63) is 38.9 Å². The Labute approximate surface area is 116 Å². The van der Waals surface area contributed by atoms with Crippen LogP contribution in [0.25, 0.3) is 0 Å². The normalized spacial score (nSPS) is 13.3. The van der Waals surface area contributed by atoms with Gasteiger partial charge in [-0.1, -0.05) is 0 Å². The van der Waals surface area contributed by atoms with Crippen LogP contribution in [0.15, 0.2) is 31.9 Å². The highest BCUT2D eigenvalue weighted by atomic mass is 79.9. The fourth-order valence-corrected chi connectivity index (χ4v) is 2.44. The lowest BCUT2D eigenvalue weighted by Crippen LogP contribution is -2.12. The van der Waals surface area contributed by atoms with Gasteiger partial charge in [-0.3, -0.25) is 4.68 Å². The molecule has 6 heteroatoms. The summed E-state index contributed by atoms with van der Waals surface area (Å²) in [5.74, 6) is 0.486. The molecular weight excluding hydrogens is 352 g/mol. The standard InChI is InChI=1S/C11H12Br2N2O2/c1-6(2)15-10(7(12)5-14-15)11(16)8-3-4-9(13)17-8/h3-6,11,16H,1-2H3. The van der Waals surface area contributed by atoms with E-state index in [1.54, 1.807) is 23.0 Å². The van der Waals surface area contributed by atoms with Gasteiger partial charge in [0.15, 0.2) is 10.8 Å². The minimum absolute atomic E-state index is 0.171. The molecule has 0 spiro atoms. The molecule has 0 aliphatic heterocycles. The van der Waals surface area contributed by atoms with Crippen molar-refractivity contribution in [1.29, 1.82) is 0 Å². The topological polar surface area (TPSA) is 51.2 Å². The van der Waals surface area contributed by atoms with E-state index >= 15 is 0 Å². The number of nitrogens with zero attached hydrogens (tertiary/aromatic N) is 2. The van der Waals surface area contributed by atoms with Crippen LogP contribution >= 0.6 is 31.9 Å². The number of halogens is 2. The number of aliphatic hydroxyl groups is 1. The van der Waals surface area contributed by atoms with E-state index in [1.165, 1.54) is 0 Å². The minimum Gasteiger partial charge on any atom is -0.451 e. The highest BCUT2D eigenvalue weighted by molar-refractivity contribution is 9.10. The second-order valence-electron chi connectivity index (χ2n) is 3.96. The summed E-state index contributed by atoms with van der Waals surface area (Å²) in [6.07, 6.45) is 0.844. The lowest BCUT2D eigenvalue weighted by atomic mass is 10.2. The van der Waals surface area contributed by atoms with Gasteiger partial charge in [0.25, 0.3) is 0 Å². The van der Waals surface area contributed by atoms with Crippen LogP contribution in [0.4, 0.5) is 0 Å². The van der Waals surface area contributed by atoms with Crippen molar-refractivity contribution in [3.63, 3.8) is 0 Å². The SMILES string of the molecule is CC(C)n1ncc(Br)c1C(O)c1ccc(Br)o1. The molecule has 0 amide bonds. The molecular formula is C11H12Br2N2O2. The third kappa shape index (κ3) is 2.48. The first-order valence-electron chi connectivity index (χ1n) is 5.17. The van der Waals surface area contributed by atoms with Crippen molar-refractivity contribution in [3.8, 4) is 0 Å². The highest BCUT2D eigenvalue weighted by Crippen LogP contribution is 2.32. The van der Waals surface area contributed by atoms with E-state index in [2.05, 4.69) is 37.0 Å². The smallest absolute Gasteiger partial charge is 0.169 e. The Bertz CT molecular complexity index is 519. The fraction of sp³-hybridized carbons (Fsp3) is 0.364. The van der Waals surface area contributed by atoms with Crippen molar-refractivity contribution in [1.82, 2.24) is 9.78 Å². The third-order valence-electron chi connectivity index (χ3n) is 2.40. The zero-order valence-corrected chi connectivity index (χ0v) is 12.6. The second-order valence-corrected chi connectivity index (χ2v) is 5.60. The Kier molecular flexibility index (Phi) is 3.75. The maximum absolute atomic E-state index is 10.3. The summed E-state index contributed by atoms with van der Waals surface area (Å²) in [6, 6.07) is 3.66. The van der Waals surface area contributed by atoms with Crippen molar-refractivity contribution in [2.24, 2.45) is 0 Å². The molecule has 0 aromatic carbocycles. The third-order valence-corrected chi connectivity index (χ3v) is 3.44. The van der Waals surface area contributed by atoms with Gasteiger partial charge in [0, 0.05) is 6.04 Å². The van der Waals surface area contributed by atoms with Gasteiger partial charge in [0.1, 0.15) is 5.76 Å². The second kappa shape index (κ2) is 4.96. The average Bonchev–Trinajstić information content (AvgIpc) is 2.83. The summed E-state index contributed by atoms with van der Waals surface area (Å²) in [5.41, 5.74) is 0.696. The van der Waals surface area contributed by atoms with Gasteiger partial charge in [-0.15, -0.1) is 0 Å². The first-order chi connectivity index (χ1) is 8.00. The maximum Gasteiger partial charge on any atom is 0.169 e. The fourth-order valence-electron chi connectivity index (χ4n) is 1.63. The van der Waals surface area contributed by atoms with Gasteiger partial charge in [0.2, 0.25) is 0 Å². The van der Waals surface area contributed by atoms with Gasteiger partial charge in [0.05, 0.1) is 16.4 Å². The summed E-state index contributed by atoms with van der Waals surface area (Å²) >= 11 is 6.61. The molecule has 0 radical (unpaired) electrons. The Hall–Kier alpha value is -0.590. The molecule has 2 aromatic heterocycles. The number of furan rings is 1. The van der Waals surface area contributed by atoms with Gasteiger partial charge in [-0.2, -0.15) is 5.10 Å². The molecule has 1 N–H and O–H groups in total. The van der Waals surface area contributed by atoms with Gasteiger partial charge in [-0.05, 0) is 57.8 Å². The molecule has 4 nitrogen and oxygen atoms in total. The largest absolute Gasteiger partial charge is 0.451 e. The van der Waals surface area contributed by atoms with E-state index in [9.17, 15) is 5.11 Å². The molecule has 0 fully saturated rings. The summed E-state index contributed by atoms with van der Waals surface area (Å²) in [7, 11) is 0. The summed E-state index contributed by atoms with van der Waals surface area (Å²) in [5, 5.41) is 14.5. The van der Waals surface area contributed by atoms with E-state index in [4.69, 9.17) is 4.42 Å². The predicted molar refractivity (Wildman–Crippen MR) is 70.8 cm³/mol. The molecule has 0 saturated heterocycles. The van der Waals surface area contributed by atoms with Gasteiger partial charge < -0.3 is 9.52 Å². The van der Waals surface area contributed by atoms with Crippen molar-refractivity contribution >= 4 is 31.9 Å². The van der Waals surface area contributed by atoms with Crippen LogP contribution in [0.5, 0.6) is 0 Å². The van der Waals surface area contributed by atoms with Crippen LogP contribution in [0.1, 0.15) is 37.4 Å². The minimum atomic E-state index is -0.833. The number of aromatic nitrogens is 2. The Morgan fingerprint density at radius 1 is 1.35 bits per heavy atom. The van der Waals surface area contributed by atoms with E-state index in [1.807, 2.05) is 13.8 Å². The lowest BCUT2D eigenvalue weighted by Gasteiger charge is -2.15. The van der Waals surface area contributed by atoms with Crippen LogP contribution in [-0.2, 0) is 0 Å². The number of rotatable bonds is 3. The number of hydrogen-bond donors (Lipinski definition) is 1. The lowest BCUT2D eigenvalue weighted by molar-refractivity contribution is 0.174. The van der Waals surface area contributed by atoms with Crippen LogP contribution in [0, 0.1) is 0 Å². The van der Waals surface area contributed by atoms with E-state index < -0.39 is 6.10 Å². The molecule has 0 bridgehead atoms. The highest BCUT2D eigenvalue weighted by Gasteiger charge is 2.23. The molecule has 0 aliphatic carbocycles. The summed E-state index contributed by atoms with van der Waals surface area (Å²) in [6.45, 7) is 4.02. The Balaban J connectivity index is 2.43. The maximum atomic E-state index is 10.3. The average molecular weight is 364 g/mol. The van der Waals surface area contributed by atoms with Crippen LogP contribution < -0.4 is 0 Å². The number of aliphatic hydroxyl groups excluding tert-OH is 1.